The fourth-order valence-corrected chi connectivity index (χ4v) is 6.61. The Hall–Kier alpha value is -7.13. The first-order chi connectivity index (χ1) is 24.8. The van der Waals surface area contributed by atoms with Crippen molar-refractivity contribution >= 4 is 55.0 Å². The maximum atomic E-state index is 5.02. The molecule has 2 aliphatic heterocycles. The topological polar surface area (TPSA) is 122 Å². The van der Waals surface area contributed by atoms with Gasteiger partial charge < -0.3 is 9.97 Å². The van der Waals surface area contributed by atoms with Crippen molar-refractivity contribution < 1.29 is 0 Å². The Morgan fingerprint density at radius 1 is 0.320 bits per heavy atom. The molecule has 234 valence electrons. The lowest BCUT2D eigenvalue weighted by atomic mass is 10.1. The number of hydrogen-bond acceptors (Lipinski definition) is 7. The van der Waals surface area contributed by atoms with Gasteiger partial charge in [-0.3, -0.25) is 4.98 Å². The molecular weight excluding hydrogens is 619 g/mol. The van der Waals surface area contributed by atoms with E-state index in [1.807, 2.05) is 128 Å². The van der Waals surface area contributed by atoms with Crippen molar-refractivity contribution in [2.24, 2.45) is 0 Å². The van der Waals surface area contributed by atoms with Gasteiger partial charge in [0.2, 0.25) is 0 Å². The van der Waals surface area contributed by atoms with Crippen LogP contribution < -0.4 is 0 Å². The molecule has 0 unspecified atom stereocenters. The summed E-state index contributed by atoms with van der Waals surface area (Å²) >= 11 is 0. The number of pyridine rings is 1. The van der Waals surface area contributed by atoms with Crippen molar-refractivity contribution in [1.82, 2.24) is 44.9 Å². The van der Waals surface area contributed by atoms with Crippen LogP contribution in [-0.2, 0) is 0 Å². The predicted octanol–water partition coefficient (Wildman–Crippen LogP) is 9.10. The molecule has 0 spiro atoms. The number of benzene rings is 5. The molecule has 11 rings (SSSR count). The van der Waals surface area contributed by atoms with Gasteiger partial charge in [0, 0.05) is 55.4 Å². The number of nitrogens with zero attached hydrogens (tertiary/aromatic N) is 7. The fourth-order valence-electron chi connectivity index (χ4n) is 6.61. The Labute approximate surface area is 284 Å². The lowest BCUT2D eigenvalue weighted by molar-refractivity contribution is 1.19. The molecule has 0 amide bonds. The van der Waals surface area contributed by atoms with Crippen LogP contribution in [0.2, 0.25) is 0 Å². The van der Waals surface area contributed by atoms with E-state index in [0.29, 0.717) is 45.9 Å². The van der Waals surface area contributed by atoms with E-state index in [1.165, 1.54) is 5.39 Å². The van der Waals surface area contributed by atoms with Gasteiger partial charge in [-0.05, 0) is 12.1 Å². The van der Waals surface area contributed by atoms with Crippen molar-refractivity contribution in [3.63, 3.8) is 0 Å². The van der Waals surface area contributed by atoms with E-state index in [2.05, 4.69) is 27.1 Å². The molecule has 6 heterocycles. The summed E-state index contributed by atoms with van der Waals surface area (Å²) in [6, 6.07) is 44.3. The third-order valence-electron chi connectivity index (χ3n) is 8.97. The van der Waals surface area contributed by atoms with E-state index < -0.39 is 0 Å². The smallest absolute Gasteiger partial charge is 0.164 e. The van der Waals surface area contributed by atoms with Gasteiger partial charge in [-0.1, -0.05) is 121 Å². The van der Waals surface area contributed by atoms with E-state index in [-0.39, 0.29) is 0 Å². The van der Waals surface area contributed by atoms with E-state index in [9.17, 15) is 0 Å². The number of rotatable bonds is 0. The predicted molar refractivity (Wildman–Crippen MR) is 198 cm³/mol. The van der Waals surface area contributed by atoms with E-state index in [1.54, 1.807) is 0 Å². The maximum absolute atomic E-state index is 5.02. The first kappa shape index (κ1) is 27.9. The van der Waals surface area contributed by atoms with Crippen molar-refractivity contribution in [3.05, 3.63) is 140 Å². The molecular formula is C41H25N9. The van der Waals surface area contributed by atoms with Gasteiger partial charge in [-0.2, -0.15) is 0 Å². The minimum atomic E-state index is 0.597. The number of nitrogens with one attached hydrogen (secondary N) is 2. The summed E-state index contributed by atoms with van der Waals surface area (Å²) in [7, 11) is 0. The molecule has 5 aromatic carbocycles. The quantitative estimate of drug-likeness (QED) is 0.169. The molecule has 0 fully saturated rings. The normalized spacial score (nSPS) is 11.6. The molecule has 8 bridgehead atoms. The number of H-pyrrole nitrogens is 2. The van der Waals surface area contributed by atoms with Crippen molar-refractivity contribution in [3.8, 4) is 45.6 Å². The molecule has 9 heteroatoms. The second-order valence-corrected chi connectivity index (χ2v) is 12.0. The molecule has 9 aromatic rings. The van der Waals surface area contributed by atoms with E-state index >= 15 is 0 Å². The van der Waals surface area contributed by atoms with Gasteiger partial charge in [0.25, 0.3) is 0 Å². The number of hydrogen-bond donors (Lipinski definition) is 2. The number of aromatic amines is 2. The van der Waals surface area contributed by atoms with Crippen LogP contribution in [0.15, 0.2) is 140 Å². The zero-order valence-electron chi connectivity index (χ0n) is 26.4. The fraction of sp³-hybridized carbons (Fsp3) is 0. The lowest BCUT2D eigenvalue weighted by Crippen LogP contribution is -1.82. The van der Waals surface area contributed by atoms with Crippen LogP contribution in [0.1, 0.15) is 0 Å². The molecule has 2 N–H and O–H groups in total. The first-order valence-electron chi connectivity index (χ1n) is 16.3. The lowest BCUT2D eigenvalue weighted by Gasteiger charge is -1.96. The molecule has 2 aliphatic rings. The highest BCUT2D eigenvalue weighted by atomic mass is 15.1. The van der Waals surface area contributed by atoms with Gasteiger partial charge in [0.1, 0.15) is 22.6 Å². The molecule has 50 heavy (non-hydrogen) atoms. The highest BCUT2D eigenvalue weighted by Crippen LogP contribution is 2.36. The van der Waals surface area contributed by atoms with E-state index in [4.69, 9.17) is 29.9 Å². The highest BCUT2D eigenvalue weighted by molar-refractivity contribution is 6.06. The summed E-state index contributed by atoms with van der Waals surface area (Å²) < 4.78 is 0. The van der Waals surface area contributed by atoms with Gasteiger partial charge in [0.05, 0.1) is 5.52 Å². The second kappa shape index (κ2) is 11.2. The van der Waals surface area contributed by atoms with E-state index in [0.717, 1.165) is 49.3 Å². The van der Waals surface area contributed by atoms with Crippen LogP contribution in [-0.4, -0.2) is 44.9 Å². The number of para-hydroxylation sites is 1. The van der Waals surface area contributed by atoms with Crippen LogP contribution in [0.3, 0.4) is 0 Å². The summed E-state index contributed by atoms with van der Waals surface area (Å²) in [5.74, 6) is 2.39. The molecule has 0 atom stereocenters. The standard InChI is InChI=1S/C32H18N8.C9H7N/c1-2-10-18-17(9-1)25-33-26(18)38-28-21-13-5-6-14-22(21)30(35-28)40-32-24-16-8-7-15-23(24)31(36-32)39-29-20-12-4-3-11-19(20)27(34-29)37-25;1-2-6-9-8(4-1)5-3-7-10-9/h1-16H,(H2,33,34,35,36,37,38,39,40);1-7H. The largest absolute Gasteiger partial charge is 0.324 e. The summed E-state index contributed by atoms with van der Waals surface area (Å²) in [4.78, 5) is 41.0. The molecule has 9 nitrogen and oxygen atoms in total. The Morgan fingerprint density at radius 3 is 1.06 bits per heavy atom. The third-order valence-corrected chi connectivity index (χ3v) is 8.97. The molecule has 0 aliphatic carbocycles. The zero-order chi connectivity index (χ0) is 33.0. The summed E-state index contributed by atoms with van der Waals surface area (Å²) in [6.07, 6.45) is 1.81. The van der Waals surface area contributed by atoms with Gasteiger partial charge in [0.15, 0.2) is 23.3 Å². The Kier molecular flexibility index (Phi) is 6.28. The zero-order valence-corrected chi connectivity index (χ0v) is 26.4. The third kappa shape index (κ3) is 4.60. The second-order valence-electron chi connectivity index (χ2n) is 12.0. The molecule has 0 saturated carbocycles. The monoisotopic (exact) mass is 643 g/mol. The number of fused-ring (bicyclic) bond motifs is 21. The average molecular weight is 644 g/mol. The van der Waals surface area contributed by atoms with Gasteiger partial charge >= 0.3 is 0 Å². The SMILES string of the molecule is c1ccc2c(c1)-c1nc-2nc2[nH]c(nc3nc(nc4[nH]c(n1)c1ccccc41)-c1ccccc1-3)c1ccccc21.c1ccc2ncccc2c1. The molecule has 0 radical (unpaired) electrons. The van der Waals surface area contributed by atoms with Crippen LogP contribution in [0.5, 0.6) is 0 Å². The van der Waals surface area contributed by atoms with Crippen molar-refractivity contribution in [2.75, 3.05) is 0 Å². The molecule has 4 aromatic heterocycles. The molecule has 0 saturated heterocycles. The van der Waals surface area contributed by atoms with Crippen LogP contribution >= 0.6 is 0 Å². The number of aromatic nitrogens is 9. The summed E-state index contributed by atoms with van der Waals surface area (Å²) in [5.41, 5.74) is 7.51. The van der Waals surface area contributed by atoms with Crippen LogP contribution in [0.4, 0.5) is 0 Å². The van der Waals surface area contributed by atoms with Crippen LogP contribution in [0.25, 0.3) is 101 Å². The minimum Gasteiger partial charge on any atom is -0.324 e. The van der Waals surface area contributed by atoms with Crippen molar-refractivity contribution in [2.45, 2.75) is 0 Å². The van der Waals surface area contributed by atoms with Gasteiger partial charge in [-0.15, -0.1) is 0 Å². The maximum Gasteiger partial charge on any atom is 0.164 e. The summed E-state index contributed by atoms with van der Waals surface area (Å²) in [6.45, 7) is 0. The Balaban J connectivity index is 0.000000272. The van der Waals surface area contributed by atoms with Crippen LogP contribution in [0, 0.1) is 0 Å². The van der Waals surface area contributed by atoms with Crippen molar-refractivity contribution in [1.29, 1.82) is 0 Å². The average Bonchev–Trinajstić information content (AvgIpc) is 3.91. The first-order valence-corrected chi connectivity index (χ1v) is 16.3. The minimum absolute atomic E-state index is 0.597. The summed E-state index contributed by atoms with van der Waals surface area (Å²) in [5, 5.41) is 5.02. The van der Waals surface area contributed by atoms with Gasteiger partial charge in [-0.25, -0.2) is 29.9 Å². The highest BCUT2D eigenvalue weighted by Gasteiger charge is 2.21. The Morgan fingerprint density at radius 2 is 0.660 bits per heavy atom. The Bertz CT molecular complexity index is 2570.